The quantitative estimate of drug-likeness (QED) is 0.347. The van der Waals surface area contributed by atoms with Crippen molar-refractivity contribution in [1.29, 1.82) is 0 Å². The van der Waals surface area contributed by atoms with Gasteiger partial charge in [-0.2, -0.15) is 0 Å². The van der Waals surface area contributed by atoms with Crippen LogP contribution in [0.25, 0.3) is 22.2 Å². The van der Waals surface area contributed by atoms with Gasteiger partial charge in [-0.25, -0.2) is 18.4 Å². The number of rotatable bonds is 8. The van der Waals surface area contributed by atoms with E-state index in [1.54, 1.807) is 16.7 Å². The van der Waals surface area contributed by atoms with Gasteiger partial charge in [-0.05, 0) is 42.8 Å². The molecule has 31 heavy (non-hydrogen) atoms. The first-order chi connectivity index (χ1) is 14.9. The van der Waals surface area contributed by atoms with Crippen LogP contribution in [-0.4, -0.2) is 23.0 Å². The van der Waals surface area contributed by atoms with Crippen molar-refractivity contribution < 1.29 is 8.42 Å². The molecule has 0 bridgehead atoms. The molecule has 0 aliphatic carbocycles. The van der Waals surface area contributed by atoms with Gasteiger partial charge in [0.2, 0.25) is 9.84 Å². The minimum atomic E-state index is -3.91. The molecule has 2 aromatic heterocycles. The SMILES string of the molecule is CCCCCCCn1c(N)c(S(=O)(=O)c2ccc(Cl)cc2)c2nc3ccccc3nc21. The molecule has 0 saturated heterocycles. The number of sulfone groups is 1. The molecular formula is C23H25ClN4O2S. The van der Waals surface area contributed by atoms with Crippen molar-refractivity contribution in [3.05, 3.63) is 53.6 Å². The van der Waals surface area contributed by atoms with Crippen LogP contribution in [-0.2, 0) is 16.4 Å². The second-order valence-electron chi connectivity index (χ2n) is 7.62. The Labute approximate surface area is 187 Å². The van der Waals surface area contributed by atoms with E-state index >= 15 is 0 Å². The van der Waals surface area contributed by atoms with Crippen LogP contribution in [0.1, 0.15) is 39.0 Å². The van der Waals surface area contributed by atoms with E-state index in [-0.39, 0.29) is 15.6 Å². The third-order valence-electron chi connectivity index (χ3n) is 5.42. The first-order valence-electron chi connectivity index (χ1n) is 10.5. The third-order valence-corrected chi connectivity index (χ3v) is 7.51. The van der Waals surface area contributed by atoms with Gasteiger partial charge >= 0.3 is 0 Å². The predicted molar refractivity (Wildman–Crippen MR) is 125 cm³/mol. The number of anilines is 1. The van der Waals surface area contributed by atoms with Crippen molar-refractivity contribution in [2.24, 2.45) is 0 Å². The van der Waals surface area contributed by atoms with Crippen molar-refractivity contribution in [2.45, 2.75) is 55.4 Å². The second-order valence-corrected chi connectivity index (χ2v) is 9.95. The van der Waals surface area contributed by atoms with Crippen LogP contribution in [0.3, 0.4) is 0 Å². The summed E-state index contributed by atoms with van der Waals surface area (Å²) < 4.78 is 28.9. The first-order valence-corrected chi connectivity index (χ1v) is 12.3. The van der Waals surface area contributed by atoms with Crippen LogP contribution in [0.4, 0.5) is 5.82 Å². The van der Waals surface area contributed by atoms with E-state index in [9.17, 15) is 8.42 Å². The van der Waals surface area contributed by atoms with Crippen LogP contribution < -0.4 is 5.73 Å². The standard InChI is InChI=1S/C23H25ClN4O2S/c1-2-3-4-5-8-15-28-22(25)21(31(29,30)17-13-11-16(24)12-14-17)20-23(28)27-19-10-7-6-9-18(19)26-20/h6-7,9-14H,2-5,8,15,25H2,1H3. The number of aryl methyl sites for hydroxylation is 1. The number of halogens is 1. The number of fused-ring (bicyclic) bond motifs is 2. The van der Waals surface area contributed by atoms with Crippen LogP contribution in [0.2, 0.25) is 5.02 Å². The van der Waals surface area contributed by atoms with Gasteiger partial charge in [-0.1, -0.05) is 56.3 Å². The predicted octanol–water partition coefficient (Wildman–Crippen LogP) is 5.62. The summed E-state index contributed by atoms with van der Waals surface area (Å²) in [5, 5.41) is 0.465. The summed E-state index contributed by atoms with van der Waals surface area (Å²) in [7, 11) is -3.91. The summed E-state index contributed by atoms with van der Waals surface area (Å²) in [6.07, 6.45) is 5.42. The molecule has 0 amide bonds. The van der Waals surface area contributed by atoms with Crippen LogP contribution >= 0.6 is 11.6 Å². The highest BCUT2D eigenvalue weighted by molar-refractivity contribution is 7.92. The minimum absolute atomic E-state index is 0.0108. The fourth-order valence-corrected chi connectivity index (χ4v) is 5.42. The number of nitrogen functional groups attached to an aromatic ring is 1. The molecule has 2 heterocycles. The minimum Gasteiger partial charge on any atom is -0.384 e. The average Bonchev–Trinajstić information content (AvgIpc) is 3.03. The highest BCUT2D eigenvalue weighted by Crippen LogP contribution is 2.35. The lowest BCUT2D eigenvalue weighted by Gasteiger charge is -2.08. The summed E-state index contributed by atoms with van der Waals surface area (Å²) in [6.45, 7) is 2.77. The van der Waals surface area contributed by atoms with Gasteiger partial charge in [0.1, 0.15) is 16.2 Å². The number of benzene rings is 2. The van der Waals surface area contributed by atoms with E-state index in [1.807, 2.05) is 24.3 Å². The molecule has 4 rings (SSSR count). The Balaban J connectivity index is 1.88. The fourth-order valence-electron chi connectivity index (χ4n) is 3.79. The molecule has 0 unspecified atom stereocenters. The number of hydrogen-bond donors (Lipinski definition) is 1. The van der Waals surface area contributed by atoms with Crippen molar-refractivity contribution in [3.63, 3.8) is 0 Å². The molecule has 4 aromatic rings. The largest absolute Gasteiger partial charge is 0.384 e. The molecule has 2 aromatic carbocycles. The van der Waals surface area contributed by atoms with E-state index in [2.05, 4.69) is 11.9 Å². The maximum Gasteiger partial charge on any atom is 0.212 e. The number of nitrogens with zero attached hydrogens (tertiary/aromatic N) is 3. The number of hydrogen-bond acceptors (Lipinski definition) is 5. The zero-order chi connectivity index (χ0) is 22.0. The summed E-state index contributed by atoms with van der Waals surface area (Å²) in [5.74, 6) is 0.177. The zero-order valence-corrected chi connectivity index (χ0v) is 19.0. The molecule has 0 spiro atoms. The van der Waals surface area contributed by atoms with Crippen molar-refractivity contribution in [3.8, 4) is 0 Å². The molecule has 0 aliphatic rings. The molecule has 8 heteroatoms. The summed E-state index contributed by atoms with van der Waals surface area (Å²) in [6, 6.07) is 13.5. The second kappa shape index (κ2) is 8.85. The molecular weight excluding hydrogens is 432 g/mol. The molecule has 0 fully saturated rings. The number of para-hydroxylation sites is 2. The smallest absolute Gasteiger partial charge is 0.212 e. The Kier molecular flexibility index (Phi) is 6.16. The third kappa shape index (κ3) is 4.12. The van der Waals surface area contributed by atoms with E-state index in [0.29, 0.717) is 33.8 Å². The van der Waals surface area contributed by atoms with Crippen molar-refractivity contribution in [2.75, 3.05) is 5.73 Å². The normalized spacial score (nSPS) is 12.1. The van der Waals surface area contributed by atoms with Crippen molar-refractivity contribution >= 4 is 49.5 Å². The molecule has 0 radical (unpaired) electrons. The fraction of sp³-hybridized carbons (Fsp3) is 0.304. The zero-order valence-electron chi connectivity index (χ0n) is 17.4. The maximum absolute atomic E-state index is 13.5. The van der Waals surface area contributed by atoms with E-state index < -0.39 is 9.84 Å². The summed E-state index contributed by atoms with van der Waals surface area (Å²) >= 11 is 5.95. The Hall–Kier alpha value is -2.64. The van der Waals surface area contributed by atoms with Crippen molar-refractivity contribution in [1.82, 2.24) is 14.5 Å². The number of nitrogens with two attached hydrogens (primary N) is 1. The first kappa shape index (κ1) is 21.6. The monoisotopic (exact) mass is 456 g/mol. The molecule has 0 saturated carbocycles. The Bertz CT molecular complexity index is 1330. The lowest BCUT2D eigenvalue weighted by Crippen LogP contribution is -2.08. The summed E-state index contributed by atoms with van der Waals surface area (Å²) in [4.78, 5) is 9.52. The van der Waals surface area contributed by atoms with Gasteiger partial charge in [0, 0.05) is 11.6 Å². The molecule has 0 atom stereocenters. The lowest BCUT2D eigenvalue weighted by atomic mass is 10.1. The van der Waals surface area contributed by atoms with E-state index in [4.69, 9.17) is 22.3 Å². The van der Waals surface area contributed by atoms with Gasteiger partial charge in [0.25, 0.3) is 0 Å². The Morgan fingerprint density at radius 3 is 2.26 bits per heavy atom. The highest BCUT2D eigenvalue weighted by atomic mass is 35.5. The number of unbranched alkanes of at least 4 members (excludes halogenated alkanes) is 4. The Morgan fingerprint density at radius 2 is 1.58 bits per heavy atom. The van der Waals surface area contributed by atoms with Crippen LogP contribution in [0.5, 0.6) is 0 Å². The van der Waals surface area contributed by atoms with Gasteiger partial charge in [-0.3, -0.25) is 0 Å². The van der Waals surface area contributed by atoms with Gasteiger partial charge in [-0.15, -0.1) is 0 Å². The Morgan fingerprint density at radius 1 is 0.935 bits per heavy atom. The molecule has 162 valence electrons. The van der Waals surface area contributed by atoms with Crippen LogP contribution in [0, 0.1) is 0 Å². The van der Waals surface area contributed by atoms with Gasteiger partial charge < -0.3 is 10.3 Å². The maximum atomic E-state index is 13.5. The highest BCUT2D eigenvalue weighted by Gasteiger charge is 2.30. The van der Waals surface area contributed by atoms with Gasteiger partial charge in [0.15, 0.2) is 5.65 Å². The van der Waals surface area contributed by atoms with Crippen LogP contribution in [0.15, 0.2) is 58.3 Å². The van der Waals surface area contributed by atoms with E-state index in [0.717, 1.165) is 25.7 Å². The topological polar surface area (TPSA) is 90.9 Å². The lowest BCUT2D eigenvalue weighted by molar-refractivity contribution is 0.576. The van der Waals surface area contributed by atoms with E-state index in [1.165, 1.54) is 18.6 Å². The number of aromatic nitrogens is 3. The molecule has 6 nitrogen and oxygen atoms in total. The summed E-state index contributed by atoms with van der Waals surface area (Å²) in [5.41, 5.74) is 8.59. The molecule has 0 aliphatic heterocycles. The molecule has 2 N–H and O–H groups in total. The average molecular weight is 457 g/mol. The van der Waals surface area contributed by atoms with Gasteiger partial charge in [0.05, 0.1) is 15.9 Å².